The van der Waals surface area contributed by atoms with Gasteiger partial charge in [0.05, 0.1) is 4.90 Å². The second-order valence-corrected chi connectivity index (χ2v) is 8.07. The van der Waals surface area contributed by atoms with Crippen LogP contribution in [0.2, 0.25) is 5.02 Å². The van der Waals surface area contributed by atoms with Gasteiger partial charge in [-0.05, 0) is 43.0 Å². The van der Waals surface area contributed by atoms with Gasteiger partial charge in [-0.25, -0.2) is 8.42 Å². The first-order valence-corrected chi connectivity index (χ1v) is 9.19. The molecule has 0 spiro atoms. The predicted octanol–water partition coefficient (Wildman–Crippen LogP) is 2.81. The van der Waals surface area contributed by atoms with E-state index >= 15 is 0 Å². The van der Waals surface area contributed by atoms with Gasteiger partial charge in [0.2, 0.25) is 5.91 Å². The molecule has 0 aliphatic heterocycles. The number of halogens is 1. The molecule has 2 atom stereocenters. The number of rotatable bonds is 4. The summed E-state index contributed by atoms with van der Waals surface area (Å²) in [5.74, 6) is -0.540. The van der Waals surface area contributed by atoms with Crippen LogP contribution in [-0.4, -0.2) is 26.1 Å². The van der Waals surface area contributed by atoms with E-state index in [1.807, 2.05) is 0 Å². The van der Waals surface area contributed by atoms with Crippen molar-refractivity contribution in [2.24, 2.45) is 5.92 Å². The molecule has 116 valence electrons. The van der Waals surface area contributed by atoms with Crippen molar-refractivity contribution in [3.63, 3.8) is 0 Å². The van der Waals surface area contributed by atoms with E-state index in [1.54, 1.807) is 0 Å². The number of carbonyl (C=O) groups is 1. The van der Waals surface area contributed by atoms with Crippen LogP contribution in [0.25, 0.3) is 0 Å². The van der Waals surface area contributed by atoms with E-state index < -0.39 is 21.5 Å². The van der Waals surface area contributed by atoms with Gasteiger partial charge >= 0.3 is 0 Å². The molecule has 0 radical (unpaired) electrons. The summed E-state index contributed by atoms with van der Waals surface area (Å²) in [5, 5.41) is 3.33. The Hall–Kier alpha value is -1.07. The van der Waals surface area contributed by atoms with Crippen LogP contribution in [0.5, 0.6) is 0 Å². The fraction of sp³-hybridized carbons (Fsp3) is 0.533. The number of carbonyl (C=O) groups excluding carboxylic acids is 1. The van der Waals surface area contributed by atoms with E-state index in [4.69, 9.17) is 11.6 Å². The van der Waals surface area contributed by atoms with Gasteiger partial charge < -0.3 is 5.32 Å². The molecule has 1 aliphatic carbocycles. The van der Waals surface area contributed by atoms with Crippen LogP contribution in [0, 0.1) is 5.92 Å². The van der Waals surface area contributed by atoms with Gasteiger partial charge in [-0.15, -0.1) is 0 Å². The lowest BCUT2D eigenvalue weighted by Gasteiger charge is -2.29. The maximum absolute atomic E-state index is 12.2. The molecule has 1 amide bonds. The maximum Gasteiger partial charge on any atom is 0.235 e. The molecule has 0 aromatic heterocycles. The fourth-order valence-electron chi connectivity index (χ4n) is 2.68. The highest BCUT2D eigenvalue weighted by atomic mass is 35.5. The average molecular weight is 330 g/mol. The number of amides is 1. The highest BCUT2D eigenvalue weighted by molar-refractivity contribution is 7.92. The summed E-state index contributed by atoms with van der Waals surface area (Å²) in [5.41, 5.74) is 0. The number of benzene rings is 1. The number of hydrogen-bond donors (Lipinski definition) is 1. The lowest BCUT2D eigenvalue weighted by atomic mass is 9.86. The third-order valence-electron chi connectivity index (χ3n) is 3.95. The van der Waals surface area contributed by atoms with Crippen molar-refractivity contribution in [1.82, 2.24) is 5.32 Å². The Morgan fingerprint density at radius 1 is 1.24 bits per heavy atom. The number of nitrogens with one attached hydrogen (secondary N) is 1. The van der Waals surface area contributed by atoms with Crippen LogP contribution in [0.1, 0.15) is 32.6 Å². The minimum Gasteiger partial charge on any atom is -0.352 e. The summed E-state index contributed by atoms with van der Waals surface area (Å²) in [6.45, 7) is 2.10. The molecule has 1 aromatic rings. The normalized spacial score (nSPS) is 22.8. The Labute approximate surface area is 130 Å². The van der Waals surface area contributed by atoms with E-state index in [-0.39, 0.29) is 10.9 Å². The van der Waals surface area contributed by atoms with Gasteiger partial charge in [-0.2, -0.15) is 0 Å². The molecule has 21 heavy (non-hydrogen) atoms. The topological polar surface area (TPSA) is 63.2 Å². The molecular formula is C15H20ClNO3S. The third kappa shape index (κ3) is 4.45. The zero-order valence-electron chi connectivity index (χ0n) is 12.0. The van der Waals surface area contributed by atoms with Gasteiger partial charge in [0.15, 0.2) is 9.84 Å². The monoisotopic (exact) mass is 329 g/mol. The van der Waals surface area contributed by atoms with Gasteiger partial charge in [-0.1, -0.05) is 31.4 Å². The lowest BCUT2D eigenvalue weighted by Crippen LogP contribution is -2.43. The SMILES string of the molecule is CC1CCCCC1NC(=O)CS(=O)(=O)c1ccc(Cl)cc1. The number of sulfone groups is 1. The Kier molecular flexibility index (Phi) is 5.27. The van der Waals surface area contributed by atoms with E-state index in [9.17, 15) is 13.2 Å². The molecule has 1 N–H and O–H groups in total. The van der Waals surface area contributed by atoms with Crippen molar-refractivity contribution in [1.29, 1.82) is 0 Å². The first-order chi connectivity index (χ1) is 9.88. The summed E-state index contributed by atoms with van der Waals surface area (Å²) in [7, 11) is -3.62. The van der Waals surface area contributed by atoms with Crippen molar-refractivity contribution in [3.8, 4) is 0 Å². The van der Waals surface area contributed by atoms with Gasteiger partial charge in [0, 0.05) is 11.1 Å². The molecule has 1 saturated carbocycles. The van der Waals surface area contributed by atoms with Crippen molar-refractivity contribution < 1.29 is 13.2 Å². The van der Waals surface area contributed by atoms with Crippen LogP contribution in [0.15, 0.2) is 29.2 Å². The molecule has 4 nitrogen and oxygen atoms in total. The Bertz CT molecular complexity index is 598. The summed E-state index contributed by atoms with van der Waals surface area (Å²) >= 11 is 5.74. The minimum atomic E-state index is -3.62. The molecule has 2 unspecified atom stereocenters. The summed E-state index contributed by atoms with van der Waals surface area (Å²) in [4.78, 5) is 12.1. The van der Waals surface area contributed by atoms with Crippen molar-refractivity contribution in [3.05, 3.63) is 29.3 Å². The minimum absolute atomic E-state index is 0.0895. The molecular weight excluding hydrogens is 310 g/mol. The van der Waals surface area contributed by atoms with Gasteiger partial charge in [0.25, 0.3) is 0 Å². The molecule has 0 heterocycles. The Morgan fingerprint density at radius 2 is 1.86 bits per heavy atom. The first-order valence-electron chi connectivity index (χ1n) is 7.16. The second kappa shape index (κ2) is 6.79. The van der Waals surface area contributed by atoms with Crippen LogP contribution >= 0.6 is 11.6 Å². The summed E-state index contributed by atoms with van der Waals surface area (Å²) < 4.78 is 24.3. The summed E-state index contributed by atoms with van der Waals surface area (Å²) in [6, 6.07) is 5.96. The van der Waals surface area contributed by atoms with E-state index in [1.165, 1.54) is 30.7 Å². The van der Waals surface area contributed by atoms with Crippen molar-refractivity contribution in [2.75, 3.05) is 5.75 Å². The Morgan fingerprint density at radius 3 is 2.48 bits per heavy atom. The largest absolute Gasteiger partial charge is 0.352 e. The van der Waals surface area contributed by atoms with Gasteiger partial charge in [-0.3, -0.25) is 4.79 Å². The van der Waals surface area contributed by atoms with Crippen molar-refractivity contribution >= 4 is 27.3 Å². The quantitative estimate of drug-likeness (QED) is 0.923. The van der Waals surface area contributed by atoms with Crippen LogP contribution in [0.3, 0.4) is 0 Å². The molecule has 1 aliphatic rings. The smallest absolute Gasteiger partial charge is 0.235 e. The van der Waals surface area contributed by atoms with E-state index in [0.717, 1.165) is 19.3 Å². The molecule has 2 rings (SSSR count). The fourth-order valence-corrected chi connectivity index (χ4v) is 3.95. The van der Waals surface area contributed by atoms with Crippen LogP contribution in [0.4, 0.5) is 0 Å². The zero-order chi connectivity index (χ0) is 15.5. The highest BCUT2D eigenvalue weighted by Gasteiger charge is 2.25. The molecule has 6 heteroatoms. The standard InChI is InChI=1S/C15H20ClNO3S/c1-11-4-2-3-5-14(11)17-15(18)10-21(19,20)13-8-6-12(16)7-9-13/h6-9,11,14H,2-5,10H2,1H3,(H,17,18). The molecule has 1 aromatic carbocycles. The molecule has 0 bridgehead atoms. The Balaban J connectivity index is 1.99. The second-order valence-electron chi connectivity index (χ2n) is 5.65. The summed E-state index contributed by atoms with van der Waals surface area (Å²) in [6.07, 6.45) is 4.26. The zero-order valence-corrected chi connectivity index (χ0v) is 13.6. The van der Waals surface area contributed by atoms with Crippen LogP contribution in [-0.2, 0) is 14.6 Å². The highest BCUT2D eigenvalue weighted by Crippen LogP contribution is 2.23. The van der Waals surface area contributed by atoms with Gasteiger partial charge in [0.1, 0.15) is 5.75 Å². The lowest BCUT2D eigenvalue weighted by molar-refractivity contribution is -0.119. The van der Waals surface area contributed by atoms with Crippen LogP contribution < -0.4 is 5.32 Å². The number of hydrogen-bond acceptors (Lipinski definition) is 3. The maximum atomic E-state index is 12.2. The van der Waals surface area contributed by atoms with E-state index in [0.29, 0.717) is 10.9 Å². The molecule has 0 saturated heterocycles. The average Bonchev–Trinajstić information content (AvgIpc) is 2.41. The van der Waals surface area contributed by atoms with E-state index in [2.05, 4.69) is 12.2 Å². The first kappa shape index (κ1) is 16.3. The predicted molar refractivity (Wildman–Crippen MR) is 83.1 cm³/mol. The molecule has 1 fully saturated rings. The third-order valence-corrected chi connectivity index (χ3v) is 5.84. The van der Waals surface area contributed by atoms with Crippen molar-refractivity contribution in [2.45, 2.75) is 43.5 Å².